The van der Waals surface area contributed by atoms with Crippen LogP contribution in [0.3, 0.4) is 0 Å². The number of hydrogen-bond donors (Lipinski definition) is 0. The maximum Gasteiger partial charge on any atom is 0.203 e. The third-order valence-corrected chi connectivity index (χ3v) is 3.23. The molecule has 2 aromatic rings. The van der Waals surface area contributed by atoms with E-state index in [4.69, 9.17) is 14.2 Å². The zero-order valence-electron chi connectivity index (χ0n) is 12.4. The highest BCUT2D eigenvalue weighted by atomic mass is 16.5. The minimum absolute atomic E-state index is 0.0288. The van der Waals surface area contributed by atoms with Gasteiger partial charge in [-0.05, 0) is 6.07 Å². The van der Waals surface area contributed by atoms with Crippen LogP contribution >= 0.6 is 0 Å². The van der Waals surface area contributed by atoms with E-state index in [1.807, 2.05) is 24.3 Å². The number of hydrogen-bond acceptors (Lipinski definition) is 4. The summed E-state index contributed by atoms with van der Waals surface area (Å²) in [5, 5.41) is 0. The molecule has 0 amide bonds. The van der Waals surface area contributed by atoms with Gasteiger partial charge in [-0.25, -0.2) is 0 Å². The molecule has 2 rings (SSSR count). The zero-order valence-corrected chi connectivity index (χ0v) is 12.4. The van der Waals surface area contributed by atoms with Gasteiger partial charge in [0.1, 0.15) is 0 Å². The van der Waals surface area contributed by atoms with E-state index in [1.165, 1.54) is 0 Å². The Bertz CT molecular complexity index is 620. The van der Waals surface area contributed by atoms with Crippen LogP contribution < -0.4 is 14.2 Å². The van der Waals surface area contributed by atoms with Crippen molar-refractivity contribution in [1.82, 2.24) is 0 Å². The van der Waals surface area contributed by atoms with E-state index < -0.39 is 0 Å². The van der Waals surface area contributed by atoms with Gasteiger partial charge in [-0.15, -0.1) is 0 Å². The van der Waals surface area contributed by atoms with Crippen molar-refractivity contribution in [3.8, 4) is 17.2 Å². The van der Waals surface area contributed by atoms with Crippen molar-refractivity contribution in [2.75, 3.05) is 21.3 Å². The van der Waals surface area contributed by atoms with E-state index in [2.05, 4.69) is 0 Å². The van der Waals surface area contributed by atoms with E-state index >= 15 is 0 Å². The maximum absolute atomic E-state index is 12.3. The smallest absolute Gasteiger partial charge is 0.203 e. The molecule has 0 aliphatic rings. The van der Waals surface area contributed by atoms with Crippen LogP contribution in [0.5, 0.6) is 17.2 Å². The Morgan fingerprint density at radius 2 is 1.52 bits per heavy atom. The van der Waals surface area contributed by atoms with Crippen molar-refractivity contribution >= 4 is 5.78 Å². The summed E-state index contributed by atoms with van der Waals surface area (Å²) in [6.45, 7) is 0. The van der Waals surface area contributed by atoms with Gasteiger partial charge in [0.2, 0.25) is 5.75 Å². The summed E-state index contributed by atoms with van der Waals surface area (Å²) < 4.78 is 15.9. The van der Waals surface area contributed by atoms with Crippen LogP contribution in [0.1, 0.15) is 15.9 Å². The lowest BCUT2D eigenvalue weighted by molar-refractivity contribution is 0.0992. The molecule has 4 heteroatoms. The van der Waals surface area contributed by atoms with Crippen LogP contribution in [-0.2, 0) is 6.42 Å². The zero-order chi connectivity index (χ0) is 15.2. The van der Waals surface area contributed by atoms with E-state index in [0.717, 1.165) is 5.56 Å². The van der Waals surface area contributed by atoms with Gasteiger partial charge in [-0.3, -0.25) is 4.79 Å². The minimum atomic E-state index is 0.0288. The first-order chi connectivity index (χ1) is 10.2. The Labute approximate surface area is 124 Å². The van der Waals surface area contributed by atoms with Gasteiger partial charge in [-0.1, -0.05) is 36.4 Å². The maximum atomic E-state index is 12.3. The molecule has 0 aromatic heterocycles. The monoisotopic (exact) mass is 286 g/mol. The van der Waals surface area contributed by atoms with E-state index in [0.29, 0.717) is 22.8 Å². The van der Waals surface area contributed by atoms with Gasteiger partial charge in [0.15, 0.2) is 17.3 Å². The van der Waals surface area contributed by atoms with Gasteiger partial charge in [0.05, 0.1) is 21.3 Å². The van der Waals surface area contributed by atoms with Crippen molar-refractivity contribution < 1.29 is 19.0 Å². The first-order valence-electron chi connectivity index (χ1n) is 6.57. The highest BCUT2D eigenvalue weighted by Gasteiger charge is 2.18. The third-order valence-electron chi connectivity index (χ3n) is 3.23. The molecule has 0 radical (unpaired) electrons. The number of methoxy groups -OCH3 is 3. The lowest BCUT2D eigenvalue weighted by Crippen LogP contribution is -2.06. The SMILES string of the molecule is COc1ccc(CC(=O)c2ccccc2)c(OC)c1OC. The van der Waals surface area contributed by atoms with E-state index in [1.54, 1.807) is 39.5 Å². The van der Waals surface area contributed by atoms with Gasteiger partial charge in [-0.2, -0.15) is 0 Å². The molecule has 0 spiro atoms. The van der Waals surface area contributed by atoms with Crippen molar-refractivity contribution in [3.63, 3.8) is 0 Å². The van der Waals surface area contributed by atoms with Crippen molar-refractivity contribution in [2.45, 2.75) is 6.42 Å². The largest absolute Gasteiger partial charge is 0.493 e. The van der Waals surface area contributed by atoms with Crippen molar-refractivity contribution in [2.24, 2.45) is 0 Å². The first kappa shape index (κ1) is 14.9. The molecular weight excluding hydrogens is 268 g/mol. The molecule has 0 N–H and O–H groups in total. The summed E-state index contributed by atoms with van der Waals surface area (Å²) in [5.41, 5.74) is 1.44. The summed E-state index contributed by atoms with van der Waals surface area (Å²) in [6, 6.07) is 12.8. The fourth-order valence-electron chi connectivity index (χ4n) is 2.20. The molecule has 0 saturated heterocycles. The first-order valence-corrected chi connectivity index (χ1v) is 6.57. The summed E-state index contributed by atoms with van der Waals surface area (Å²) >= 11 is 0. The van der Waals surface area contributed by atoms with Crippen LogP contribution in [0.15, 0.2) is 42.5 Å². The lowest BCUT2D eigenvalue weighted by Gasteiger charge is -2.15. The Balaban J connectivity index is 2.34. The third kappa shape index (κ3) is 3.16. The molecular formula is C17H18O4. The van der Waals surface area contributed by atoms with Crippen LogP contribution in [0, 0.1) is 0 Å². The second kappa shape index (κ2) is 6.79. The Morgan fingerprint density at radius 1 is 0.857 bits per heavy atom. The van der Waals surface area contributed by atoms with Gasteiger partial charge in [0.25, 0.3) is 0 Å². The van der Waals surface area contributed by atoms with Gasteiger partial charge < -0.3 is 14.2 Å². The Morgan fingerprint density at radius 3 is 2.10 bits per heavy atom. The minimum Gasteiger partial charge on any atom is -0.493 e. The topological polar surface area (TPSA) is 44.8 Å². The van der Waals surface area contributed by atoms with Crippen molar-refractivity contribution in [3.05, 3.63) is 53.6 Å². The molecule has 0 heterocycles. The van der Waals surface area contributed by atoms with E-state index in [-0.39, 0.29) is 12.2 Å². The van der Waals surface area contributed by atoms with Crippen LogP contribution in [0.25, 0.3) is 0 Å². The quantitative estimate of drug-likeness (QED) is 0.765. The summed E-state index contributed by atoms with van der Waals surface area (Å²) in [4.78, 5) is 12.3. The number of ketones is 1. The molecule has 0 unspecified atom stereocenters. The van der Waals surface area contributed by atoms with Crippen LogP contribution in [-0.4, -0.2) is 27.1 Å². The average molecular weight is 286 g/mol. The Hall–Kier alpha value is -2.49. The number of benzene rings is 2. The number of ether oxygens (including phenoxy) is 3. The predicted octanol–water partition coefficient (Wildman–Crippen LogP) is 3.14. The molecule has 0 fully saturated rings. The highest BCUT2D eigenvalue weighted by Crippen LogP contribution is 2.40. The Kier molecular flexibility index (Phi) is 4.82. The molecule has 4 nitrogen and oxygen atoms in total. The molecule has 0 bridgehead atoms. The second-order valence-electron chi connectivity index (χ2n) is 4.46. The number of carbonyl (C=O) groups is 1. The van der Waals surface area contributed by atoms with Crippen molar-refractivity contribution in [1.29, 1.82) is 0 Å². The van der Waals surface area contributed by atoms with E-state index in [9.17, 15) is 4.79 Å². The standard InChI is InChI=1S/C17H18O4/c1-19-15-10-9-13(16(20-2)17(15)21-3)11-14(18)12-7-5-4-6-8-12/h4-10H,11H2,1-3H3. The molecule has 0 aliphatic heterocycles. The lowest BCUT2D eigenvalue weighted by atomic mass is 10.0. The summed E-state index contributed by atoms with van der Waals surface area (Å²) in [5.74, 6) is 1.63. The number of carbonyl (C=O) groups excluding carboxylic acids is 1. The average Bonchev–Trinajstić information content (AvgIpc) is 2.54. The van der Waals surface area contributed by atoms with Gasteiger partial charge in [0, 0.05) is 17.5 Å². The number of rotatable bonds is 6. The fraction of sp³-hybridized carbons (Fsp3) is 0.235. The normalized spacial score (nSPS) is 10.0. The van der Waals surface area contributed by atoms with Crippen LogP contribution in [0.4, 0.5) is 0 Å². The fourth-order valence-corrected chi connectivity index (χ4v) is 2.20. The number of Topliss-reactive ketones (excluding diaryl/α,β-unsaturated/α-hetero) is 1. The molecule has 0 saturated carbocycles. The highest BCUT2D eigenvalue weighted by molar-refractivity contribution is 5.97. The second-order valence-corrected chi connectivity index (χ2v) is 4.46. The molecule has 2 aromatic carbocycles. The molecule has 0 aliphatic carbocycles. The summed E-state index contributed by atoms with van der Waals surface area (Å²) in [7, 11) is 4.66. The predicted molar refractivity (Wildman–Crippen MR) is 80.6 cm³/mol. The summed E-state index contributed by atoms with van der Waals surface area (Å²) in [6.07, 6.45) is 0.244. The van der Waals surface area contributed by atoms with Gasteiger partial charge >= 0.3 is 0 Å². The molecule has 21 heavy (non-hydrogen) atoms. The molecule has 0 atom stereocenters. The molecule has 110 valence electrons. The van der Waals surface area contributed by atoms with Crippen LogP contribution in [0.2, 0.25) is 0 Å².